The molecule has 0 spiro atoms. The van der Waals surface area contributed by atoms with E-state index in [0.29, 0.717) is 21.3 Å². The summed E-state index contributed by atoms with van der Waals surface area (Å²) in [6.45, 7) is 0. The van der Waals surface area contributed by atoms with Crippen molar-refractivity contribution in [3.8, 4) is 0 Å². The minimum atomic E-state index is -1.80. The number of halogens is 5. The first-order chi connectivity index (χ1) is 10.8. The fourth-order valence-electron chi connectivity index (χ4n) is 1.78. The molecular formula is C15H11Cl5N2O. The van der Waals surface area contributed by atoms with Crippen molar-refractivity contribution in [1.29, 1.82) is 0 Å². The van der Waals surface area contributed by atoms with Crippen LogP contribution in [0.5, 0.6) is 0 Å². The van der Waals surface area contributed by atoms with Crippen LogP contribution < -0.4 is 10.6 Å². The SMILES string of the molecule is O=C(N[C@@H](Nc1ccccc1Cl)C(Cl)(Cl)Cl)c1cccc(Cl)c1. The van der Waals surface area contributed by atoms with E-state index in [2.05, 4.69) is 10.6 Å². The van der Waals surface area contributed by atoms with E-state index in [1.165, 1.54) is 6.07 Å². The Bertz CT molecular complexity index is 702. The second-order valence-corrected chi connectivity index (χ2v) is 7.80. The van der Waals surface area contributed by atoms with E-state index >= 15 is 0 Å². The van der Waals surface area contributed by atoms with Gasteiger partial charge in [-0.2, -0.15) is 0 Å². The minimum Gasteiger partial charge on any atom is -0.361 e. The summed E-state index contributed by atoms with van der Waals surface area (Å²) in [5.41, 5.74) is 0.870. The van der Waals surface area contributed by atoms with Crippen molar-refractivity contribution >= 4 is 69.6 Å². The third-order valence-electron chi connectivity index (χ3n) is 2.86. The summed E-state index contributed by atoms with van der Waals surface area (Å²) in [6, 6.07) is 13.4. The third-order valence-corrected chi connectivity index (χ3v) is 4.08. The molecule has 0 aliphatic carbocycles. The van der Waals surface area contributed by atoms with Crippen molar-refractivity contribution in [2.45, 2.75) is 9.96 Å². The summed E-state index contributed by atoms with van der Waals surface area (Å²) in [5, 5.41) is 6.39. The number of carbonyl (C=O) groups excluding carboxylic acids is 1. The van der Waals surface area contributed by atoms with E-state index in [4.69, 9.17) is 58.0 Å². The van der Waals surface area contributed by atoms with Crippen LogP contribution in [0.2, 0.25) is 10.0 Å². The lowest BCUT2D eigenvalue weighted by Gasteiger charge is -2.27. The summed E-state index contributed by atoms with van der Waals surface area (Å²) in [7, 11) is 0. The minimum absolute atomic E-state index is 0.345. The van der Waals surface area contributed by atoms with Crippen LogP contribution >= 0.6 is 58.0 Å². The van der Waals surface area contributed by atoms with E-state index in [-0.39, 0.29) is 0 Å². The predicted molar refractivity (Wildman–Crippen MR) is 98.1 cm³/mol. The van der Waals surface area contributed by atoms with Crippen molar-refractivity contribution in [2.75, 3.05) is 5.32 Å². The number of nitrogens with one attached hydrogen (secondary N) is 2. The maximum absolute atomic E-state index is 12.3. The van der Waals surface area contributed by atoms with Gasteiger partial charge in [0.25, 0.3) is 5.91 Å². The topological polar surface area (TPSA) is 41.1 Å². The Kier molecular flexibility index (Phi) is 6.29. The van der Waals surface area contributed by atoms with Crippen LogP contribution in [-0.4, -0.2) is 15.9 Å². The molecule has 2 rings (SSSR count). The number of hydrogen-bond donors (Lipinski definition) is 2. The molecule has 0 unspecified atom stereocenters. The van der Waals surface area contributed by atoms with Crippen molar-refractivity contribution in [3.05, 3.63) is 64.1 Å². The summed E-state index contributed by atoms with van der Waals surface area (Å²) < 4.78 is -1.80. The Hall–Kier alpha value is -0.840. The van der Waals surface area contributed by atoms with Crippen LogP contribution in [0.1, 0.15) is 10.4 Å². The molecule has 122 valence electrons. The average Bonchev–Trinajstić information content (AvgIpc) is 2.47. The highest BCUT2D eigenvalue weighted by atomic mass is 35.6. The van der Waals surface area contributed by atoms with Gasteiger partial charge in [0.1, 0.15) is 6.17 Å². The molecule has 1 atom stereocenters. The number of rotatable bonds is 4. The number of anilines is 1. The predicted octanol–water partition coefficient (Wildman–Crippen LogP) is 5.53. The number of para-hydroxylation sites is 1. The smallest absolute Gasteiger partial charge is 0.253 e. The Labute approximate surface area is 158 Å². The zero-order valence-corrected chi connectivity index (χ0v) is 15.3. The molecule has 0 aliphatic heterocycles. The second-order valence-electron chi connectivity index (χ2n) is 4.58. The van der Waals surface area contributed by atoms with Gasteiger partial charge in [-0.05, 0) is 30.3 Å². The highest BCUT2D eigenvalue weighted by Gasteiger charge is 2.34. The first-order valence-electron chi connectivity index (χ1n) is 6.41. The monoisotopic (exact) mass is 410 g/mol. The van der Waals surface area contributed by atoms with Crippen molar-refractivity contribution in [3.63, 3.8) is 0 Å². The van der Waals surface area contributed by atoms with Gasteiger partial charge in [-0.15, -0.1) is 0 Å². The van der Waals surface area contributed by atoms with Crippen LogP contribution in [0, 0.1) is 0 Å². The highest BCUT2D eigenvalue weighted by Crippen LogP contribution is 2.33. The Morgan fingerprint density at radius 3 is 2.30 bits per heavy atom. The molecule has 8 heteroatoms. The van der Waals surface area contributed by atoms with Crippen molar-refractivity contribution in [2.24, 2.45) is 0 Å². The van der Waals surface area contributed by atoms with Gasteiger partial charge in [0.05, 0.1) is 10.7 Å². The fraction of sp³-hybridized carbons (Fsp3) is 0.133. The van der Waals surface area contributed by atoms with Gasteiger partial charge in [-0.3, -0.25) is 4.79 Å². The molecule has 0 bridgehead atoms. The van der Waals surface area contributed by atoms with Gasteiger partial charge < -0.3 is 10.6 Å². The molecule has 0 saturated carbocycles. The third kappa shape index (κ3) is 5.33. The lowest BCUT2D eigenvalue weighted by Crippen LogP contribution is -2.49. The first-order valence-corrected chi connectivity index (χ1v) is 8.30. The Morgan fingerprint density at radius 1 is 1.00 bits per heavy atom. The highest BCUT2D eigenvalue weighted by molar-refractivity contribution is 6.68. The van der Waals surface area contributed by atoms with Crippen molar-refractivity contribution in [1.82, 2.24) is 5.32 Å². The molecule has 0 heterocycles. The van der Waals surface area contributed by atoms with Crippen LogP contribution in [0.25, 0.3) is 0 Å². The van der Waals surface area contributed by atoms with Crippen LogP contribution in [0.15, 0.2) is 48.5 Å². The van der Waals surface area contributed by atoms with E-state index in [1.54, 1.807) is 42.5 Å². The molecular weight excluding hydrogens is 401 g/mol. The van der Waals surface area contributed by atoms with Crippen molar-refractivity contribution < 1.29 is 4.79 Å². The molecule has 1 amide bonds. The quantitative estimate of drug-likeness (QED) is 0.512. The maximum Gasteiger partial charge on any atom is 0.253 e. The number of hydrogen-bond acceptors (Lipinski definition) is 2. The summed E-state index contributed by atoms with van der Waals surface area (Å²) in [6.07, 6.45) is -1.00. The average molecular weight is 413 g/mol. The second kappa shape index (κ2) is 7.82. The largest absolute Gasteiger partial charge is 0.361 e. The van der Waals surface area contributed by atoms with Crippen LogP contribution in [0.4, 0.5) is 5.69 Å². The first kappa shape index (κ1) is 18.5. The molecule has 23 heavy (non-hydrogen) atoms. The Balaban J connectivity index is 2.20. The number of benzene rings is 2. The van der Waals surface area contributed by atoms with Gasteiger partial charge in [0, 0.05) is 10.6 Å². The molecule has 0 saturated heterocycles. The van der Waals surface area contributed by atoms with E-state index in [0.717, 1.165) is 0 Å². The molecule has 0 radical (unpaired) electrons. The normalized spacial score (nSPS) is 12.6. The summed E-state index contributed by atoms with van der Waals surface area (Å²) in [4.78, 5) is 12.3. The number of carbonyl (C=O) groups is 1. The van der Waals surface area contributed by atoms with Gasteiger partial charge in [0.2, 0.25) is 3.79 Å². The lowest BCUT2D eigenvalue weighted by molar-refractivity contribution is 0.0942. The maximum atomic E-state index is 12.3. The number of alkyl halides is 3. The zero-order valence-electron chi connectivity index (χ0n) is 11.5. The molecule has 3 nitrogen and oxygen atoms in total. The van der Waals surface area contributed by atoms with E-state index < -0.39 is 15.9 Å². The summed E-state index contributed by atoms with van der Waals surface area (Å²) >= 11 is 29.8. The van der Waals surface area contributed by atoms with E-state index in [1.807, 2.05) is 0 Å². The summed E-state index contributed by atoms with van der Waals surface area (Å²) in [5.74, 6) is -0.441. The molecule has 2 aromatic carbocycles. The Morgan fingerprint density at radius 2 is 1.70 bits per heavy atom. The zero-order chi connectivity index (χ0) is 17.0. The molecule has 2 aromatic rings. The van der Waals surface area contributed by atoms with E-state index in [9.17, 15) is 4.79 Å². The van der Waals surface area contributed by atoms with Crippen LogP contribution in [-0.2, 0) is 0 Å². The van der Waals surface area contributed by atoms with Gasteiger partial charge >= 0.3 is 0 Å². The molecule has 0 aromatic heterocycles. The standard InChI is InChI=1S/C15H11Cl5N2O/c16-10-5-3-4-9(8-10)13(23)22-14(15(18,19)20)21-12-7-2-1-6-11(12)17/h1-8,14,21H,(H,22,23)/t14-/m1/s1. The molecule has 2 N–H and O–H groups in total. The molecule has 0 aliphatic rings. The van der Waals surface area contributed by atoms with Crippen LogP contribution in [0.3, 0.4) is 0 Å². The number of amides is 1. The fourth-order valence-corrected chi connectivity index (χ4v) is 2.49. The van der Waals surface area contributed by atoms with Gasteiger partial charge in [-0.25, -0.2) is 0 Å². The van der Waals surface area contributed by atoms with Gasteiger partial charge in [0.15, 0.2) is 0 Å². The van der Waals surface area contributed by atoms with Gasteiger partial charge in [-0.1, -0.05) is 76.2 Å². The lowest BCUT2D eigenvalue weighted by atomic mass is 10.2. The molecule has 0 fully saturated rings.